The van der Waals surface area contributed by atoms with Crippen molar-refractivity contribution in [1.29, 1.82) is 0 Å². The second-order valence-corrected chi connectivity index (χ2v) is 7.42. The summed E-state index contributed by atoms with van der Waals surface area (Å²) in [6.45, 7) is -0.976. The van der Waals surface area contributed by atoms with E-state index in [1.54, 1.807) is 24.3 Å². The number of esters is 1. The Morgan fingerprint density at radius 2 is 1.81 bits per heavy atom. The number of hydrogen-bond donors (Lipinski definition) is 1. The molecule has 1 aliphatic heterocycles. The second-order valence-electron chi connectivity index (χ2n) is 6.98. The van der Waals surface area contributed by atoms with Gasteiger partial charge < -0.3 is 10.1 Å². The molecule has 1 N–H and O–H groups in total. The summed E-state index contributed by atoms with van der Waals surface area (Å²) in [6.07, 6.45) is 4.80. The van der Waals surface area contributed by atoms with Crippen molar-refractivity contribution in [3.63, 3.8) is 0 Å². The van der Waals surface area contributed by atoms with E-state index in [0.29, 0.717) is 10.7 Å². The van der Waals surface area contributed by atoms with Crippen LogP contribution in [0, 0.1) is 23.7 Å². The minimum absolute atomic E-state index is 0.0842. The molecule has 1 heterocycles. The topological polar surface area (TPSA) is 92.8 Å². The van der Waals surface area contributed by atoms with Gasteiger partial charge in [-0.2, -0.15) is 0 Å². The first-order chi connectivity index (χ1) is 12.9. The molecule has 1 aromatic rings. The molecule has 8 heteroatoms. The zero-order valence-electron chi connectivity index (χ0n) is 14.3. The zero-order chi connectivity index (χ0) is 19.1. The summed E-state index contributed by atoms with van der Waals surface area (Å²) in [5.74, 6) is -2.51. The van der Waals surface area contributed by atoms with Gasteiger partial charge in [-0.1, -0.05) is 29.8 Å². The minimum atomic E-state index is -0.793. The molecule has 0 radical (unpaired) electrons. The van der Waals surface area contributed by atoms with Crippen LogP contribution in [0.1, 0.15) is 6.42 Å². The first-order valence-corrected chi connectivity index (χ1v) is 9.06. The van der Waals surface area contributed by atoms with E-state index in [-0.39, 0.29) is 35.5 Å². The Labute approximate surface area is 160 Å². The lowest BCUT2D eigenvalue weighted by Gasteiger charge is -2.16. The highest BCUT2D eigenvalue weighted by molar-refractivity contribution is 6.30. The van der Waals surface area contributed by atoms with Gasteiger partial charge in [0.1, 0.15) is 6.54 Å². The maximum Gasteiger partial charge on any atom is 0.326 e. The Morgan fingerprint density at radius 1 is 1.15 bits per heavy atom. The summed E-state index contributed by atoms with van der Waals surface area (Å²) in [4.78, 5) is 49.9. The van der Waals surface area contributed by atoms with Gasteiger partial charge in [0.25, 0.3) is 5.91 Å². The number of hydrogen-bond acceptors (Lipinski definition) is 5. The van der Waals surface area contributed by atoms with Gasteiger partial charge >= 0.3 is 5.97 Å². The molecule has 2 fully saturated rings. The van der Waals surface area contributed by atoms with Gasteiger partial charge in [0.2, 0.25) is 11.8 Å². The van der Waals surface area contributed by atoms with Gasteiger partial charge in [-0.25, -0.2) is 0 Å². The molecule has 27 heavy (non-hydrogen) atoms. The van der Waals surface area contributed by atoms with Crippen molar-refractivity contribution in [1.82, 2.24) is 4.90 Å². The SMILES string of the molecule is O=C(COC(=O)CN1C(=O)[C@@H]2[C@@H](C1=O)[C@H]1C=C[C@@H]2C1)Nc1cccc(Cl)c1. The summed E-state index contributed by atoms with van der Waals surface area (Å²) in [7, 11) is 0. The molecule has 1 saturated carbocycles. The zero-order valence-corrected chi connectivity index (χ0v) is 15.0. The van der Waals surface area contributed by atoms with Crippen molar-refractivity contribution in [2.75, 3.05) is 18.5 Å². The number of halogens is 1. The van der Waals surface area contributed by atoms with E-state index in [1.165, 1.54) is 0 Å². The Bertz CT molecular complexity index is 837. The summed E-state index contributed by atoms with van der Waals surface area (Å²) >= 11 is 5.83. The van der Waals surface area contributed by atoms with Crippen LogP contribution in [0.25, 0.3) is 0 Å². The number of carbonyl (C=O) groups excluding carboxylic acids is 4. The summed E-state index contributed by atoms with van der Waals surface area (Å²) in [5.41, 5.74) is 0.476. The Kier molecular flexibility index (Phi) is 4.47. The van der Waals surface area contributed by atoms with E-state index >= 15 is 0 Å². The lowest BCUT2D eigenvalue weighted by atomic mass is 9.85. The van der Waals surface area contributed by atoms with Gasteiger partial charge in [0, 0.05) is 10.7 Å². The molecule has 0 aromatic heterocycles. The molecule has 4 rings (SSSR count). The number of rotatable bonds is 5. The number of amides is 3. The number of allylic oxidation sites excluding steroid dienone is 2. The highest BCUT2D eigenvalue weighted by atomic mass is 35.5. The molecule has 2 aliphatic carbocycles. The van der Waals surface area contributed by atoms with Crippen LogP contribution in [0.2, 0.25) is 5.02 Å². The normalized spacial score (nSPS) is 27.8. The van der Waals surface area contributed by atoms with Crippen molar-refractivity contribution < 1.29 is 23.9 Å². The highest BCUT2D eigenvalue weighted by Gasteiger charge is 2.59. The average Bonchev–Trinajstić information content (AvgIpc) is 3.30. The first-order valence-electron chi connectivity index (χ1n) is 8.68. The van der Waals surface area contributed by atoms with E-state index in [2.05, 4.69) is 5.32 Å². The van der Waals surface area contributed by atoms with Crippen LogP contribution in [-0.2, 0) is 23.9 Å². The van der Waals surface area contributed by atoms with Crippen LogP contribution in [0.4, 0.5) is 5.69 Å². The molecule has 3 amide bonds. The molecular weight excluding hydrogens is 372 g/mol. The number of anilines is 1. The van der Waals surface area contributed by atoms with Gasteiger partial charge in [-0.3, -0.25) is 24.1 Å². The van der Waals surface area contributed by atoms with Crippen LogP contribution < -0.4 is 5.32 Å². The van der Waals surface area contributed by atoms with Crippen LogP contribution in [-0.4, -0.2) is 41.7 Å². The summed E-state index contributed by atoms with van der Waals surface area (Å²) in [5, 5.41) is 3.01. The smallest absolute Gasteiger partial charge is 0.326 e. The molecular formula is C19H17ClN2O5. The fourth-order valence-electron chi connectivity index (χ4n) is 4.20. The number of nitrogens with one attached hydrogen (secondary N) is 1. The molecule has 140 valence electrons. The maximum atomic E-state index is 12.5. The fourth-order valence-corrected chi connectivity index (χ4v) is 4.39. The number of carbonyl (C=O) groups is 4. The van der Waals surface area contributed by atoms with E-state index < -0.39 is 25.0 Å². The number of fused-ring (bicyclic) bond motifs is 5. The van der Waals surface area contributed by atoms with Gasteiger partial charge in [-0.05, 0) is 36.5 Å². The maximum absolute atomic E-state index is 12.5. The van der Waals surface area contributed by atoms with E-state index in [0.717, 1.165) is 11.3 Å². The number of ether oxygens (including phenoxy) is 1. The summed E-state index contributed by atoms with van der Waals surface area (Å²) in [6, 6.07) is 6.55. The predicted molar refractivity (Wildman–Crippen MR) is 95.5 cm³/mol. The number of nitrogens with zero attached hydrogens (tertiary/aromatic N) is 1. The molecule has 1 saturated heterocycles. The molecule has 4 atom stereocenters. The number of benzene rings is 1. The third-order valence-corrected chi connectivity index (χ3v) is 5.56. The van der Waals surface area contributed by atoms with Gasteiger partial charge in [0.15, 0.2) is 6.61 Å². The van der Waals surface area contributed by atoms with Crippen LogP contribution >= 0.6 is 11.6 Å². The quantitative estimate of drug-likeness (QED) is 0.470. The standard InChI is InChI=1S/C19H17ClN2O5/c20-12-2-1-3-13(7-12)21-14(23)9-27-15(24)8-22-18(25)16-10-4-5-11(6-10)17(16)19(22)26/h1-5,7,10-11,16-17H,6,8-9H2,(H,21,23)/t10-,11+,16-,17-/m0/s1. The largest absolute Gasteiger partial charge is 0.454 e. The van der Waals surface area contributed by atoms with Crippen molar-refractivity contribution >= 4 is 41.0 Å². The molecule has 0 spiro atoms. The third kappa shape index (κ3) is 3.23. The van der Waals surface area contributed by atoms with Gasteiger partial charge in [-0.15, -0.1) is 0 Å². The Hall–Kier alpha value is -2.67. The predicted octanol–water partition coefficient (Wildman–Crippen LogP) is 1.63. The van der Waals surface area contributed by atoms with Crippen molar-refractivity contribution in [3.8, 4) is 0 Å². The lowest BCUT2D eigenvalue weighted by molar-refractivity contribution is -0.154. The minimum Gasteiger partial charge on any atom is -0.454 e. The van der Waals surface area contributed by atoms with Gasteiger partial charge in [0.05, 0.1) is 11.8 Å². The van der Waals surface area contributed by atoms with E-state index in [9.17, 15) is 19.2 Å². The molecule has 1 aromatic carbocycles. The highest BCUT2D eigenvalue weighted by Crippen LogP contribution is 2.52. The second kappa shape index (κ2) is 6.81. The third-order valence-electron chi connectivity index (χ3n) is 5.32. The Morgan fingerprint density at radius 3 is 2.44 bits per heavy atom. The first kappa shape index (κ1) is 17.7. The monoisotopic (exact) mass is 388 g/mol. The van der Waals surface area contributed by atoms with Crippen molar-refractivity contribution in [2.24, 2.45) is 23.7 Å². The van der Waals surface area contributed by atoms with E-state index in [4.69, 9.17) is 16.3 Å². The van der Waals surface area contributed by atoms with Crippen molar-refractivity contribution in [3.05, 3.63) is 41.4 Å². The Balaban J connectivity index is 1.29. The summed E-state index contributed by atoms with van der Waals surface area (Å²) < 4.78 is 4.91. The van der Waals surface area contributed by atoms with Crippen LogP contribution in [0.5, 0.6) is 0 Å². The van der Waals surface area contributed by atoms with Crippen LogP contribution in [0.15, 0.2) is 36.4 Å². The van der Waals surface area contributed by atoms with Crippen LogP contribution in [0.3, 0.4) is 0 Å². The average molecular weight is 389 g/mol. The van der Waals surface area contributed by atoms with Crippen molar-refractivity contribution in [2.45, 2.75) is 6.42 Å². The fraction of sp³-hybridized carbons (Fsp3) is 0.368. The number of likely N-dealkylation sites (tertiary alicyclic amines) is 1. The molecule has 3 aliphatic rings. The molecule has 0 unspecified atom stereocenters. The molecule has 7 nitrogen and oxygen atoms in total. The lowest BCUT2D eigenvalue weighted by Crippen LogP contribution is -2.38. The molecule has 2 bridgehead atoms. The number of imide groups is 1. The van der Waals surface area contributed by atoms with E-state index in [1.807, 2.05) is 12.2 Å².